The van der Waals surface area contributed by atoms with E-state index in [1.54, 1.807) is 4.90 Å². The molecule has 4 nitrogen and oxygen atoms in total. The molecule has 0 saturated carbocycles. The van der Waals surface area contributed by atoms with Crippen molar-refractivity contribution in [1.29, 1.82) is 0 Å². The van der Waals surface area contributed by atoms with E-state index in [2.05, 4.69) is 37.2 Å². The van der Waals surface area contributed by atoms with Crippen molar-refractivity contribution in [2.24, 2.45) is 0 Å². The highest BCUT2D eigenvalue weighted by atomic mass is 16.6. The van der Waals surface area contributed by atoms with Gasteiger partial charge in [-0.2, -0.15) is 0 Å². The molecule has 124 valence electrons. The highest BCUT2D eigenvalue weighted by Crippen LogP contribution is 2.30. The monoisotopic (exact) mass is 314 g/mol. The minimum Gasteiger partial charge on any atom is -0.444 e. The number of aromatic nitrogens is 1. The second kappa shape index (κ2) is 5.59. The largest absolute Gasteiger partial charge is 0.444 e. The molecule has 0 aliphatic carbocycles. The predicted octanol–water partition coefficient (Wildman–Crippen LogP) is 4.58. The lowest BCUT2D eigenvalue weighted by molar-refractivity contribution is 0.0224. The summed E-state index contributed by atoms with van der Waals surface area (Å²) in [4.78, 5) is 17.5. The van der Waals surface area contributed by atoms with Gasteiger partial charge in [0.05, 0.1) is 0 Å². The molecular formula is C19H26N2O2. The molecule has 2 aromatic rings. The van der Waals surface area contributed by atoms with Gasteiger partial charge in [0.1, 0.15) is 5.60 Å². The number of ether oxygens (including phenoxy) is 1. The van der Waals surface area contributed by atoms with E-state index in [9.17, 15) is 4.79 Å². The summed E-state index contributed by atoms with van der Waals surface area (Å²) in [5, 5.41) is 1.27. The highest BCUT2D eigenvalue weighted by molar-refractivity contribution is 5.85. The summed E-state index contributed by atoms with van der Waals surface area (Å²) >= 11 is 0. The van der Waals surface area contributed by atoms with Gasteiger partial charge in [0, 0.05) is 30.2 Å². The first-order chi connectivity index (χ1) is 10.7. The molecule has 1 aromatic heterocycles. The third kappa shape index (κ3) is 3.21. The van der Waals surface area contributed by atoms with Crippen molar-refractivity contribution in [1.82, 2.24) is 9.88 Å². The highest BCUT2D eigenvalue weighted by Gasteiger charge is 2.26. The smallest absolute Gasteiger partial charge is 0.410 e. The molecule has 1 aliphatic heterocycles. The number of rotatable bonds is 1. The fraction of sp³-hybridized carbons (Fsp3) is 0.526. The second-order valence-electron chi connectivity index (χ2n) is 7.72. The number of nitrogens with zero attached hydrogens (tertiary/aromatic N) is 1. The van der Waals surface area contributed by atoms with Gasteiger partial charge in [0.25, 0.3) is 0 Å². The summed E-state index contributed by atoms with van der Waals surface area (Å²) in [5.41, 5.74) is 4.63. The van der Waals surface area contributed by atoms with Crippen LogP contribution in [-0.2, 0) is 17.7 Å². The van der Waals surface area contributed by atoms with E-state index in [4.69, 9.17) is 4.74 Å². The fourth-order valence-electron chi connectivity index (χ4n) is 3.16. The molecule has 0 atom stereocenters. The van der Waals surface area contributed by atoms with Crippen LogP contribution in [0.1, 0.15) is 57.2 Å². The number of amides is 1. The Balaban J connectivity index is 1.89. The fourth-order valence-corrected chi connectivity index (χ4v) is 3.16. The molecule has 0 bridgehead atoms. The van der Waals surface area contributed by atoms with Gasteiger partial charge >= 0.3 is 6.09 Å². The molecule has 0 saturated heterocycles. The van der Waals surface area contributed by atoms with E-state index in [0.29, 0.717) is 19.0 Å². The molecule has 3 rings (SSSR count). The number of H-pyrrole nitrogens is 1. The van der Waals surface area contributed by atoms with Gasteiger partial charge in [-0.25, -0.2) is 4.79 Å². The van der Waals surface area contributed by atoms with Crippen molar-refractivity contribution < 1.29 is 9.53 Å². The molecule has 0 spiro atoms. The number of nitrogens with one attached hydrogen (secondary N) is 1. The number of hydrogen-bond donors (Lipinski definition) is 1. The summed E-state index contributed by atoms with van der Waals surface area (Å²) < 4.78 is 5.51. The van der Waals surface area contributed by atoms with Crippen molar-refractivity contribution >= 4 is 17.0 Å². The standard InChI is InChI=1S/C19H26N2O2/c1-12(2)16-10-20-17-9-13-6-7-21(11-14(13)8-15(16)17)18(22)23-19(3,4)5/h8-10,12,20H,6-7,11H2,1-5H3. The first-order valence-corrected chi connectivity index (χ1v) is 8.35. The molecular weight excluding hydrogens is 288 g/mol. The van der Waals surface area contributed by atoms with E-state index in [0.717, 1.165) is 6.42 Å². The van der Waals surface area contributed by atoms with Crippen molar-refractivity contribution in [3.05, 3.63) is 35.0 Å². The maximum absolute atomic E-state index is 12.3. The molecule has 2 heterocycles. The quantitative estimate of drug-likeness (QED) is 0.837. The Morgan fingerprint density at radius 3 is 2.65 bits per heavy atom. The van der Waals surface area contributed by atoms with E-state index in [-0.39, 0.29) is 6.09 Å². The number of benzene rings is 1. The SMILES string of the molecule is CC(C)c1c[nH]c2cc3c(cc12)CN(C(=O)OC(C)(C)C)CC3. The van der Waals surface area contributed by atoms with Crippen LogP contribution in [0.15, 0.2) is 18.3 Å². The molecule has 4 heteroatoms. The average molecular weight is 314 g/mol. The zero-order valence-electron chi connectivity index (χ0n) is 14.7. The van der Waals surface area contributed by atoms with E-state index >= 15 is 0 Å². The zero-order chi connectivity index (χ0) is 16.8. The number of carbonyl (C=O) groups excluding carboxylic acids is 1. The summed E-state index contributed by atoms with van der Waals surface area (Å²) in [6.07, 6.45) is 2.76. The molecule has 0 radical (unpaired) electrons. The van der Waals surface area contributed by atoms with Gasteiger partial charge in [0.2, 0.25) is 0 Å². The second-order valence-corrected chi connectivity index (χ2v) is 7.72. The Hall–Kier alpha value is -1.97. The van der Waals surface area contributed by atoms with Crippen LogP contribution >= 0.6 is 0 Å². The Kier molecular flexibility index (Phi) is 3.86. The lowest BCUT2D eigenvalue weighted by atomic mass is 9.95. The number of fused-ring (bicyclic) bond motifs is 2. The van der Waals surface area contributed by atoms with Crippen LogP contribution in [0.3, 0.4) is 0 Å². The van der Waals surface area contributed by atoms with Crippen LogP contribution in [0.2, 0.25) is 0 Å². The minimum absolute atomic E-state index is 0.221. The van der Waals surface area contributed by atoms with Gasteiger partial charge in [-0.05, 0) is 61.9 Å². The maximum Gasteiger partial charge on any atom is 0.410 e. The van der Waals surface area contributed by atoms with E-state index in [1.165, 1.54) is 27.6 Å². The molecule has 1 aliphatic rings. The zero-order valence-corrected chi connectivity index (χ0v) is 14.7. The first-order valence-electron chi connectivity index (χ1n) is 8.35. The van der Waals surface area contributed by atoms with Crippen LogP contribution in [0, 0.1) is 0 Å². The van der Waals surface area contributed by atoms with Gasteiger partial charge < -0.3 is 14.6 Å². The number of aromatic amines is 1. The van der Waals surface area contributed by atoms with Crippen molar-refractivity contribution in [2.45, 2.75) is 59.1 Å². The normalized spacial score (nSPS) is 15.1. The lowest BCUT2D eigenvalue weighted by Crippen LogP contribution is -2.39. The summed E-state index contributed by atoms with van der Waals surface area (Å²) in [6.45, 7) is 11.5. The summed E-state index contributed by atoms with van der Waals surface area (Å²) in [6, 6.07) is 4.48. The van der Waals surface area contributed by atoms with Gasteiger partial charge in [0.15, 0.2) is 0 Å². The Bertz CT molecular complexity index is 738. The third-order valence-corrected chi connectivity index (χ3v) is 4.32. The molecule has 0 fully saturated rings. The lowest BCUT2D eigenvalue weighted by Gasteiger charge is -2.31. The molecule has 1 N–H and O–H groups in total. The third-order valence-electron chi connectivity index (χ3n) is 4.32. The number of hydrogen-bond acceptors (Lipinski definition) is 2. The molecule has 1 amide bonds. The van der Waals surface area contributed by atoms with E-state index < -0.39 is 5.60 Å². The summed E-state index contributed by atoms with van der Waals surface area (Å²) in [5.74, 6) is 0.479. The van der Waals surface area contributed by atoms with Gasteiger partial charge in [-0.1, -0.05) is 13.8 Å². The Morgan fingerprint density at radius 2 is 2.00 bits per heavy atom. The van der Waals surface area contributed by atoms with Crippen LogP contribution in [-0.4, -0.2) is 28.1 Å². The van der Waals surface area contributed by atoms with Crippen LogP contribution in [0.5, 0.6) is 0 Å². The van der Waals surface area contributed by atoms with Gasteiger partial charge in [-0.3, -0.25) is 0 Å². The Labute approximate surface area is 137 Å². The van der Waals surface area contributed by atoms with Gasteiger partial charge in [-0.15, -0.1) is 0 Å². The maximum atomic E-state index is 12.3. The Morgan fingerprint density at radius 1 is 1.26 bits per heavy atom. The van der Waals surface area contributed by atoms with Crippen molar-refractivity contribution in [3.8, 4) is 0 Å². The van der Waals surface area contributed by atoms with Crippen molar-refractivity contribution in [2.75, 3.05) is 6.54 Å². The predicted molar refractivity (Wildman–Crippen MR) is 92.7 cm³/mol. The number of carbonyl (C=O) groups is 1. The van der Waals surface area contributed by atoms with E-state index in [1.807, 2.05) is 20.8 Å². The molecule has 1 aromatic carbocycles. The minimum atomic E-state index is -0.452. The topological polar surface area (TPSA) is 45.3 Å². The van der Waals surface area contributed by atoms with Crippen molar-refractivity contribution in [3.63, 3.8) is 0 Å². The molecule has 0 unspecified atom stereocenters. The van der Waals surface area contributed by atoms with Crippen LogP contribution < -0.4 is 0 Å². The molecule has 23 heavy (non-hydrogen) atoms. The average Bonchev–Trinajstić information content (AvgIpc) is 2.85. The van der Waals surface area contributed by atoms with Crippen LogP contribution in [0.4, 0.5) is 4.79 Å². The van der Waals surface area contributed by atoms with Crippen LogP contribution in [0.25, 0.3) is 10.9 Å². The first kappa shape index (κ1) is 15.9. The summed E-state index contributed by atoms with van der Waals surface area (Å²) in [7, 11) is 0.